The Morgan fingerprint density at radius 3 is 2.54 bits per heavy atom. The number of hydrogen-bond donors (Lipinski definition) is 4. The van der Waals surface area contributed by atoms with Gasteiger partial charge in [-0.25, -0.2) is 9.59 Å². The molecule has 198 valence electrons. The number of hydrogen-bond acceptors (Lipinski definition) is 8. The molecule has 0 saturated heterocycles. The van der Waals surface area contributed by atoms with Gasteiger partial charge in [0.15, 0.2) is 17.7 Å². The van der Waals surface area contributed by atoms with Crippen molar-refractivity contribution in [2.45, 2.75) is 33.0 Å². The van der Waals surface area contributed by atoms with Crippen molar-refractivity contribution in [2.24, 2.45) is 5.10 Å². The molecule has 0 spiro atoms. The van der Waals surface area contributed by atoms with Gasteiger partial charge in [0.05, 0.1) is 31.5 Å². The van der Waals surface area contributed by atoms with Gasteiger partial charge in [-0.3, -0.25) is 5.43 Å². The second-order valence-corrected chi connectivity index (χ2v) is 9.73. The third kappa shape index (κ3) is 7.24. The van der Waals surface area contributed by atoms with Crippen molar-refractivity contribution in [1.82, 2.24) is 16.1 Å². The lowest BCUT2D eigenvalue weighted by Gasteiger charge is -2.28. The van der Waals surface area contributed by atoms with Crippen LogP contribution < -0.4 is 25.5 Å². The third-order valence-corrected chi connectivity index (χ3v) is 7.06. The van der Waals surface area contributed by atoms with Crippen molar-refractivity contribution in [1.29, 1.82) is 0 Å². The number of aliphatic hydroxyl groups is 1. The lowest BCUT2D eigenvalue weighted by Crippen LogP contribution is -2.45. The summed E-state index contributed by atoms with van der Waals surface area (Å²) >= 11 is 6.99. The van der Waals surface area contributed by atoms with Gasteiger partial charge >= 0.3 is 12.0 Å². The molecule has 2 amide bonds. The summed E-state index contributed by atoms with van der Waals surface area (Å²) in [6.45, 7) is 5.67. The minimum atomic E-state index is -1.09. The van der Waals surface area contributed by atoms with E-state index in [0.29, 0.717) is 29.4 Å². The minimum absolute atomic E-state index is 0.117. The molecule has 37 heavy (non-hydrogen) atoms. The Morgan fingerprint density at radius 1 is 1.19 bits per heavy atom. The summed E-state index contributed by atoms with van der Waals surface area (Å²) < 4.78 is 18.3. The van der Waals surface area contributed by atoms with Crippen LogP contribution in [0.4, 0.5) is 4.79 Å². The number of carbonyl (C=O) groups excluding carboxylic acids is 2. The van der Waals surface area contributed by atoms with E-state index in [-0.39, 0.29) is 12.2 Å². The smallest absolute Gasteiger partial charge is 0.337 e. The highest BCUT2D eigenvalue weighted by Gasteiger charge is 2.32. The zero-order valence-electron chi connectivity index (χ0n) is 20.7. The minimum Gasteiger partial charge on any atom is -0.490 e. The Balaban J connectivity index is 1.71. The van der Waals surface area contributed by atoms with Gasteiger partial charge in [0, 0.05) is 14.6 Å². The number of allylic oxidation sites excluding steroid dienone is 1. The molecule has 4 N–H and O–H groups in total. The van der Waals surface area contributed by atoms with Gasteiger partial charge < -0.3 is 30.0 Å². The number of nitrogens with zero attached hydrogens (tertiary/aromatic N) is 1. The van der Waals surface area contributed by atoms with Crippen LogP contribution in [0.15, 0.2) is 55.6 Å². The molecule has 2 aromatic rings. The molecule has 1 heterocycles. The molecule has 0 fully saturated rings. The molecular weight excluding hydrogens is 612 g/mol. The molecule has 2 aromatic carbocycles. The number of methoxy groups -OCH3 is 1. The van der Waals surface area contributed by atoms with Crippen LogP contribution in [-0.2, 0) is 9.53 Å². The Morgan fingerprint density at radius 2 is 1.89 bits per heavy atom. The number of hydrazone groups is 1. The van der Waals surface area contributed by atoms with Crippen LogP contribution in [0, 0.1) is 6.92 Å². The van der Waals surface area contributed by atoms with Crippen LogP contribution in [0.25, 0.3) is 0 Å². The highest BCUT2D eigenvalue weighted by atomic mass is 79.9. The molecule has 3 rings (SSSR count). The van der Waals surface area contributed by atoms with Crippen LogP contribution in [0.2, 0.25) is 0 Å². The lowest BCUT2D eigenvalue weighted by molar-refractivity contribution is -0.136. The molecule has 0 radical (unpaired) electrons. The van der Waals surface area contributed by atoms with Crippen molar-refractivity contribution in [3.63, 3.8) is 0 Å². The molecule has 0 saturated carbocycles. The third-order valence-electron chi connectivity index (χ3n) is 5.41. The fourth-order valence-corrected chi connectivity index (χ4v) is 4.78. The number of esters is 1. The maximum absolute atomic E-state index is 12.4. The normalized spacial score (nSPS) is 16.2. The van der Waals surface area contributed by atoms with Crippen molar-refractivity contribution >= 4 is 50.1 Å². The number of carbonyl (C=O) groups is 2. The van der Waals surface area contributed by atoms with Crippen LogP contribution in [0.3, 0.4) is 0 Å². The van der Waals surface area contributed by atoms with E-state index in [2.05, 4.69) is 53.0 Å². The Hall–Kier alpha value is -3.09. The van der Waals surface area contributed by atoms with E-state index in [1.807, 2.05) is 26.0 Å². The topological polar surface area (TPSA) is 131 Å². The standard InChI is InChI=1S/C25H28Br2N4O6/c1-5-36-20-10-16(23-22(24(33)35-4)14(3)29-25(34)30-23)6-7-19(20)37-12-21(32)31-28-11-15-8-17(26)13(2)18(27)9-15/h6-11,21,23,31-32H,5,12H2,1-4H3,(H2,29,30,34)/b28-11+/t21-,23-/m1/s1. The average Bonchev–Trinajstić information content (AvgIpc) is 2.85. The van der Waals surface area contributed by atoms with Crippen LogP contribution in [0.1, 0.15) is 36.6 Å². The number of urea groups is 1. The molecule has 0 aromatic heterocycles. The number of benzene rings is 2. The molecule has 12 heteroatoms. The Labute approximate surface area is 231 Å². The van der Waals surface area contributed by atoms with Crippen LogP contribution in [0.5, 0.6) is 11.5 Å². The summed E-state index contributed by atoms with van der Waals surface area (Å²) in [5.74, 6) is 0.204. The van der Waals surface area contributed by atoms with E-state index >= 15 is 0 Å². The summed E-state index contributed by atoms with van der Waals surface area (Å²) in [5, 5.41) is 19.7. The van der Waals surface area contributed by atoms with Gasteiger partial charge in [0.1, 0.15) is 6.61 Å². The Bertz CT molecular complexity index is 1210. The maximum Gasteiger partial charge on any atom is 0.337 e. The summed E-state index contributed by atoms with van der Waals surface area (Å²) in [6, 6.07) is 7.68. The van der Waals surface area contributed by atoms with E-state index in [9.17, 15) is 14.7 Å². The van der Waals surface area contributed by atoms with Gasteiger partial charge in [0.2, 0.25) is 0 Å². The zero-order chi connectivity index (χ0) is 27.1. The second kappa shape index (κ2) is 12.9. The van der Waals surface area contributed by atoms with Gasteiger partial charge in [-0.2, -0.15) is 5.10 Å². The molecular formula is C25H28Br2N4O6. The van der Waals surface area contributed by atoms with E-state index in [4.69, 9.17) is 14.2 Å². The summed E-state index contributed by atoms with van der Waals surface area (Å²) in [7, 11) is 1.28. The summed E-state index contributed by atoms with van der Waals surface area (Å²) in [6.07, 6.45) is 0.489. The predicted octanol–water partition coefficient (Wildman–Crippen LogP) is 4.04. The molecule has 0 unspecified atom stereocenters. The van der Waals surface area contributed by atoms with Gasteiger partial charge in [-0.1, -0.05) is 37.9 Å². The van der Waals surface area contributed by atoms with Crippen molar-refractivity contribution in [3.05, 3.63) is 67.2 Å². The van der Waals surface area contributed by atoms with Crippen molar-refractivity contribution < 1.29 is 28.9 Å². The first-order valence-electron chi connectivity index (χ1n) is 11.3. The molecule has 10 nitrogen and oxygen atoms in total. The first kappa shape index (κ1) is 28.5. The fourth-order valence-electron chi connectivity index (χ4n) is 3.56. The quantitative estimate of drug-likeness (QED) is 0.134. The van der Waals surface area contributed by atoms with E-state index in [1.165, 1.54) is 7.11 Å². The number of halogens is 2. The summed E-state index contributed by atoms with van der Waals surface area (Å²) in [5.41, 5.74) is 5.81. The number of amides is 2. The van der Waals surface area contributed by atoms with E-state index in [0.717, 1.165) is 20.1 Å². The first-order chi connectivity index (χ1) is 17.6. The Kier molecular flexibility index (Phi) is 9.95. The fraction of sp³-hybridized carbons (Fsp3) is 0.320. The number of nitrogens with one attached hydrogen (secondary N) is 3. The lowest BCUT2D eigenvalue weighted by atomic mass is 9.95. The number of aliphatic hydroxyl groups excluding tert-OH is 1. The second-order valence-electron chi connectivity index (χ2n) is 8.02. The predicted molar refractivity (Wildman–Crippen MR) is 146 cm³/mol. The van der Waals surface area contributed by atoms with Crippen molar-refractivity contribution in [3.8, 4) is 11.5 Å². The van der Waals surface area contributed by atoms with E-state index < -0.39 is 24.3 Å². The monoisotopic (exact) mass is 638 g/mol. The summed E-state index contributed by atoms with van der Waals surface area (Å²) in [4.78, 5) is 24.4. The van der Waals surface area contributed by atoms with Crippen LogP contribution in [-0.4, -0.2) is 49.9 Å². The molecule has 2 atom stereocenters. The van der Waals surface area contributed by atoms with Gasteiger partial charge in [-0.05, 0) is 61.7 Å². The van der Waals surface area contributed by atoms with Gasteiger partial charge in [0.25, 0.3) is 0 Å². The maximum atomic E-state index is 12.4. The molecule has 1 aliphatic heterocycles. The first-order valence-corrected chi connectivity index (χ1v) is 12.9. The van der Waals surface area contributed by atoms with Crippen LogP contribution >= 0.6 is 31.9 Å². The molecule has 0 bridgehead atoms. The highest BCUT2D eigenvalue weighted by molar-refractivity contribution is 9.11. The van der Waals surface area contributed by atoms with Crippen molar-refractivity contribution in [2.75, 3.05) is 20.3 Å². The zero-order valence-corrected chi connectivity index (χ0v) is 23.9. The number of ether oxygens (including phenoxy) is 3. The molecule has 1 aliphatic rings. The van der Waals surface area contributed by atoms with Gasteiger partial charge in [-0.15, -0.1) is 0 Å². The van der Waals surface area contributed by atoms with E-state index in [1.54, 1.807) is 31.3 Å². The number of rotatable bonds is 10. The molecule has 0 aliphatic carbocycles. The largest absolute Gasteiger partial charge is 0.490 e. The SMILES string of the molecule is CCOc1cc([C@H]2NC(=O)NC(C)=C2C(=O)OC)ccc1OC[C@@H](O)N/N=C/c1cc(Br)c(C)c(Br)c1. The highest BCUT2D eigenvalue weighted by Crippen LogP contribution is 2.35. The average molecular weight is 640 g/mol.